The van der Waals surface area contributed by atoms with Crippen LogP contribution in [0.5, 0.6) is 0 Å². The molecule has 2 aromatic carbocycles. The van der Waals surface area contributed by atoms with Crippen molar-refractivity contribution in [1.29, 1.82) is 0 Å². The lowest BCUT2D eigenvalue weighted by molar-refractivity contribution is -0.148. The van der Waals surface area contributed by atoms with E-state index in [0.29, 0.717) is 18.8 Å². The van der Waals surface area contributed by atoms with Crippen molar-refractivity contribution in [1.82, 2.24) is 14.7 Å². The second-order valence-corrected chi connectivity index (χ2v) is 10.7. The van der Waals surface area contributed by atoms with Gasteiger partial charge in [-0.3, -0.25) is 14.4 Å². The van der Waals surface area contributed by atoms with Crippen molar-refractivity contribution in [2.75, 3.05) is 28.2 Å². The van der Waals surface area contributed by atoms with Crippen LogP contribution in [-0.2, 0) is 20.8 Å². The van der Waals surface area contributed by atoms with Gasteiger partial charge < -0.3 is 14.7 Å². The molecule has 0 bridgehead atoms. The Morgan fingerprint density at radius 1 is 0.875 bits per heavy atom. The Bertz CT molecular complexity index is 1270. The Balaban J connectivity index is 2.48. The topological polar surface area (TPSA) is 60.9 Å². The van der Waals surface area contributed by atoms with Gasteiger partial charge in [0.2, 0.25) is 17.7 Å². The van der Waals surface area contributed by atoms with E-state index < -0.39 is 12.1 Å². The fourth-order valence-corrected chi connectivity index (χ4v) is 4.46. The van der Waals surface area contributed by atoms with Crippen LogP contribution in [0.25, 0.3) is 10.8 Å². The third-order valence-corrected chi connectivity index (χ3v) is 7.00. The number of benzene rings is 2. The van der Waals surface area contributed by atoms with Gasteiger partial charge >= 0.3 is 0 Å². The molecule has 2 rings (SSSR count). The van der Waals surface area contributed by atoms with Gasteiger partial charge in [-0.1, -0.05) is 93.3 Å². The first-order valence-electron chi connectivity index (χ1n) is 13.8. The number of fused-ring (bicyclic) bond motifs is 1. The maximum Gasteiger partial charge on any atom is 0.246 e. The number of rotatable bonds is 13. The van der Waals surface area contributed by atoms with E-state index in [1.54, 1.807) is 40.3 Å². The van der Waals surface area contributed by atoms with Gasteiger partial charge in [-0.05, 0) is 47.2 Å². The van der Waals surface area contributed by atoms with Gasteiger partial charge in [0.1, 0.15) is 12.1 Å². The fourth-order valence-electron chi connectivity index (χ4n) is 4.46. The third-order valence-electron chi connectivity index (χ3n) is 7.00. The molecule has 2 aromatic rings. The highest BCUT2D eigenvalue weighted by molar-refractivity contribution is 5.95. The lowest BCUT2D eigenvalue weighted by Crippen LogP contribution is -2.55. The van der Waals surface area contributed by atoms with Gasteiger partial charge in [0, 0.05) is 41.0 Å². The first-order chi connectivity index (χ1) is 19.0. The summed E-state index contributed by atoms with van der Waals surface area (Å²) in [6.07, 6.45) is 12.1. The largest absolute Gasteiger partial charge is 0.347 e. The van der Waals surface area contributed by atoms with Crippen LogP contribution in [0, 0.1) is 5.92 Å². The molecule has 6 nitrogen and oxygen atoms in total. The van der Waals surface area contributed by atoms with Crippen LogP contribution < -0.4 is 0 Å². The molecule has 0 N–H and O–H groups in total. The first-order valence-corrected chi connectivity index (χ1v) is 13.8. The van der Waals surface area contributed by atoms with Gasteiger partial charge in [-0.15, -0.1) is 0 Å². The maximum absolute atomic E-state index is 14.2. The second kappa shape index (κ2) is 15.6. The molecule has 40 heavy (non-hydrogen) atoms. The van der Waals surface area contributed by atoms with E-state index in [9.17, 15) is 14.4 Å². The van der Waals surface area contributed by atoms with Crippen molar-refractivity contribution < 1.29 is 14.4 Å². The molecule has 2 atom stereocenters. The third kappa shape index (κ3) is 9.08. The van der Waals surface area contributed by atoms with Crippen LogP contribution in [0.3, 0.4) is 0 Å². The Morgan fingerprint density at radius 2 is 1.55 bits per heavy atom. The first kappa shape index (κ1) is 32.3. The van der Waals surface area contributed by atoms with Gasteiger partial charge in [-0.25, -0.2) is 0 Å². The van der Waals surface area contributed by atoms with E-state index in [0.717, 1.165) is 28.3 Å². The summed E-state index contributed by atoms with van der Waals surface area (Å²) >= 11 is 0. The molecule has 0 heterocycles. The zero-order chi connectivity index (χ0) is 29.8. The number of allylic oxidation sites excluding steroid dienone is 5. The minimum absolute atomic E-state index is 0.183. The summed E-state index contributed by atoms with van der Waals surface area (Å²) in [5, 5.41) is 2.17. The molecule has 3 amide bonds. The van der Waals surface area contributed by atoms with E-state index in [2.05, 4.69) is 26.5 Å². The zero-order valence-corrected chi connectivity index (χ0v) is 25.1. The lowest BCUT2D eigenvalue weighted by Gasteiger charge is -2.35. The number of carbonyl (C=O) groups is 3. The highest BCUT2D eigenvalue weighted by atomic mass is 16.2. The van der Waals surface area contributed by atoms with Crippen LogP contribution in [0.15, 0.2) is 91.1 Å². The van der Waals surface area contributed by atoms with Crippen LogP contribution >= 0.6 is 0 Å². The van der Waals surface area contributed by atoms with Crippen LogP contribution in [0.1, 0.15) is 39.2 Å². The second-order valence-electron chi connectivity index (χ2n) is 10.7. The predicted octanol–water partition coefficient (Wildman–Crippen LogP) is 5.81. The Morgan fingerprint density at radius 3 is 2.15 bits per heavy atom. The molecular weight excluding hydrogens is 498 g/mol. The molecular formula is C34H45N3O3. The summed E-state index contributed by atoms with van der Waals surface area (Å²) in [5.41, 5.74) is 1.85. The smallest absolute Gasteiger partial charge is 0.246 e. The minimum atomic E-state index is -0.794. The van der Waals surface area contributed by atoms with Crippen molar-refractivity contribution in [3.8, 4) is 0 Å². The van der Waals surface area contributed by atoms with Gasteiger partial charge in [0.25, 0.3) is 0 Å². The molecule has 0 radical (unpaired) electrons. The molecule has 6 heteroatoms. The highest BCUT2D eigenvalue weighted by Gasteiger charge is 2.35. The van der Waals surface area contributed by atoms with Crippen LogP contribution in [-0.4, -0.2) is 72.7 Å². The molecule has 0 aromatic heterocycles. The minimum Gasteiger partial charge on any atom is -0.347 e. The summed E-state index contributed by atoms with van der Waals surface area (Å²) in [5.74, 6) is -0.293. The number of likely N-dealkylation sites (N-methyl/N-ethyl adjacent to an activating group) is 3. The van der Waals surface area contributed by atoms with Gasteiger partial charge in [0.05, 0.1) is 0 Å². The lowest BCUT2D eigenvalue weighted by atomic mass is 9.98. The molecule has 0 fully saturated rings. The van der Waals surface area contributed by atoms with Crippen LogP contribution in [0.4, 0.5) is 0 Å². The summed E-state index contributed by atoms with van der Waals surface area (Å²) in [6, 6.07) is 12.6. The van der Waals surface area contributed by atoms with E-state index in [1.807, 2.05) is 67.6 Å². The zero-order valence-electron chi connectivity index (χ0n) is 25.1. The van der Waals surface area contributed by atoms with Crippen molar-refractivity contribution in [3.05, 3.63) is 96.6 Å². The molecule has 0 saturated heterocycles. The van der Waals surface area contributed by atoms with Crippen molar-refractivity contribution >= 4 is 28.5 Å². The number of nitrogens with zero attached hydrogens (tertiary/aromatic N) is 3. The monoisotopic (exact) mass is 543 g/mol. The van der Waals surface area contributed by atoms with Crippen molar-refractivity contribution in [3.63, 3.8) is 0 Å². The molecule has 0 spiro atoms. The molecule has 214 valence electrons. The Kier molecular flexibility index (Phi) is 12.6. The number of amides is 3. The summed E-state index contributed by atoms with van der Waals surface area (Å²) in [7, 11) is 6.68. The van der Waals surface area contributed by atoms with Gasteiger partial charge in [-0.2, -0.15) is 0 Å². The van der Waals surface area contributed by atoms with Crippen LogP contribution in [0.2, 0.25) is 0 Å². The summed E-state index contributed by atoms with van der Waals surface area (Å²) in [6.45, 7) is 9.80. The number of hydrogen-bond donors (Lipinski definition) is 0. The molecule has 0 aliphatic heterocycles. The van der Waals surface area contributed by atoms with Crippen molar-refractivity contribution in [2.24, 2.45) is 5.92 Å². The normalized spacial score (nSPS) is 13.6. The molecule has 0 unspecified atom stereocenters. The standard InChI is InChI=1S/C34H45N3O3/c1-9-11-16-26(10-2)23-30(33(39)35(5)6)37(8)34(40)31(36(7)32(38)19-14-15-25(3)4)24-27-20-21-28-17-12-13-18-29(28)22-27/h9-14,16-22,25,30-31H,1,15,23-24H2,2-8H3/b16-11-,19-14+,26-10+/t30-,31-/m1/s1. The predicted molar refractivity (Wildman–Crippen MR) is 166 cm³/mol. The number of carbonyl (C=O) groups excluding carboxylic acids is 3. The molecule has 0 aliphatic rings. The summed E-state index contributed by atoms with van der Waals surface area (Å²) in [4.78, 5) is 45.2. The Labute approximate surface area is 240 Å². The van der Waals surface area contributed by atoms with E-state index >= 15 is 0 Å². The average Bonchev–Trinajstić information content (AvgIpc) is 2.94. The SMILES string of the molecule is C=C/C=C\C(=C/C)C[C@H](C(=O)N(C)C)N(C)C(=O)[C@@H](Cc1ccc2ccccc2c1)N(C)C(=O)/C=C/CC(C)C. The fraction of sp³-hybridized carbons (Fsp3) is 0.382. The quantitative estimate of drug-likeness (QED) is 0.237. The Hall–Kier alpha value is -3.93. The molecule has 0 aliphatic carbocycles. The maximum atomic E-state index is 14.2. The van der Waals surface area contributed by atoms with E-state index in [-0.39, 0.29) is 17.7 Å². The average molecular weight is 544 g/mol. The van der Waals surface area contributed by atoms with Gasteiger partial charge in [0.15, 0.2) is 0 Å². The van der Waals surface area contributed by atoms with E-state index in [4.69, 9.17) is 0 Å². The van der Waals surface area contributed by atoms with E-state index in [1.165, 1.54) is 14.7 Å². The highest BCUT2D eigenvalue weighted by Crippen LogP contribution is 2.21. The molecule has 0 saturated carbocycles. The number of hydrogen-bond acceptors (Lipinski definition) is 3. The summed E-state index contributed by atoms with van der Waals surface area (Å²) < 4.78 is 0. The van der Waals surface area contributed by atoms with Crippen molar-refractivity contribution in [2.45, 2.75) is 52.1 Å².